The maximum atomic E-state index is 11.8. The van der Waals surface area contributed by atoms with E-state index >= 15 is 0 Å². The van der Waals surface area contributed by atoms with Crippen molar-refractivity contribution in [1.82, 2.24) is 9.88 Å². The van der Waals surface area contributed by atoms with Gasteiger partial charge in [-0.15, -0.1) is 0 Å². The van der Waals surface area contributed by atoms with Crippen molar-refractivity contribution in [3.8, 4) is 0 Å². The number of fused-ring (bicyclic) bond motifs is 1. The summed E-state index contributed by atoms with van der Waals surface area (Å²) < 4.78 is 0. The number of rotatable bonds is 2. The van der Waals surface area contributed by atoms with Crippen molar-refractivity contribution in [3.63, 3.8) is 0 Å². The lowest BCUT2D eigenvalue weighted by Crippen LogP contribution is -2.27. The molecular formula is C15H18N2O. The second-order valence-electron chi connectivity index (χ2n) is 5.11. The Hall–Kier alpha value is -1.77. The van der Waals surface area contributed by atoms with E-state index in [2.05, 4.69) is 37.0 Å². The molecule has 94 valence electrons. The molecule has 0 spiro atoms. The van der Waals surface area contributed by atoms with Crippen LogP contribution in [0.25, 0.3) is 10.9 Å². The van der Waals surface area contributed by atoms with E-state index in [1.54, 1.807) is 0 Å². The number of para-hydroxylation sites is 1. The third-order valence-corrected chi connectivity index (χ3v) is 3.98. The summed E-state index contributed by atoms with van der Waals surface area (Å²) in [5.41, 5.74) is 3.66. The molecule has 0 aliphatic carbocycles. The maximum Gasteiger partial charge on any atom is 0.223 e. The number of amides is 1. The molecule has 3 rings (SSSR count). The Morgan fingerprint density at radius 1 is 1.39 bits per heavy atom. The summed E-state index contributed by atoms with van der Waals surface area (Å²) in [6.07, 6.45) is 3.74. The first-order chi connectivity index (χ1) is 8.68. The summed E-state index contributed by atoms with van der Waals surface area (Å²) >= 11 is 0. The van der Waals surface area contributed by atoms with Gasteiger partial charge >= 0.3 is 0 Å². The molecule has 1 fully saturated rings. The van der Waals surface area contributed by atoms with Crippen LogP contribution in [0.4, 0.5) is 0 Å². The van der Waals surface area contributed by atoms with Crippen LogP contribution < -0.4 is 0 Å². The largest absolute Gasteiger partial charge is 0.361 e. The number of nitrogens with one attached hydrogen (secondary N) is 1. The van der Waals surface area contributed by atoms with E-state index in [4.69, 9.17) is 0 Å². The molecule has 1 atom stereocenters. The second-order valence-corrected chi connectivity index (χ2v) is 5.11. The lowest BCUT2D eigenvalue weighted by molar-refractivity contribution is -0.129. The zero-order valence-electron chi connectivity index (χ0n) is 10.9. The molecule has 0 radical (unpaired) electrons. The van der Waals surface area contributed by atoms with E-state index in [-0.39, 0.29) is 11.9 Å². The van der Waals surface area contributed by atoms with Gasteiger partial charge in [0, 0.05) is 30.1 Å². The number of aromatic amines is 1. The van der Waals surface area contributed by atoms with E-state index in [0.29, 0.717) is 6.42 Å². The van der Waals surface area contributed by atoms with Crippen LogP contribution in [-0.2, 0) is 4.79 Å². The highest BCUT2D eigenvalue weighted by atomic mass is 16.2. The smallest absolute Gasteiger partial charge is 0.223 e. The lowest BCUT2D eigenvalue weighted by Gasteiger charge is -2.24. The van der Waals surface area contributed by atoms with Gasteiger partial charge in [0.25, 0.3) is 0 Å². The molecule has 1 aromatic carbocycles. The molecule has 0 saturated carbocycles. The molecule has 1 saturated heterocycles. The van der Waals surface area contributed by atoms with E-state index in [0.717, 1.165) is 13.0 Å². The van der Waals surface area contributed by atoms with Crippen molar-refractivity contribution >= 4 is 16.8 Å². The molecule has 1 unspecified atom stereocenters. The molecule has 1 aliphatic heterocycles. The van der Waals surface area contributed by atoms with Gasteiger partial charge in [0.05, 0.1) is 6.04 Å². The number of carbonyl (C=O) groups excluding carboxylic acids is 1. The fourth-order valence-electron chi connectivity index (χ4n) is 2.92. The summed E-state index contributed by atoms with van der Waals surface area (Å²) in [5.74, 6) is 0.282. The Morgan fingerprint density at radius 2 is 2.22 bits per heavy atom. The van der Waals surface area contributed by atoms with Crippen LogP contribution in [0.2, 0.25) is 0 Å². The monoisotopic (exact) mass is 242 g/mol. The number of likely N-dealkylation sites (tertiary alicyclic amines) is 1. The fourth-order valence-corrected chi connectivity index (χ4v) is 2.92. The lowest BCUT2D eigenvalue weighted by atomic mass is 10.0. The average Bonchev–Trinajstić information content (AvgIpc) is 2.95. The molecule has 3 heteroatoms. The second kappa shape index (κ2) is 4.16. The number of benzene rings is 1. The number of nitrogens with zero attached hydrogens (tertiary/aromatic N) is 1. The zero-order chi connectivity index (χ0) is 12.7. The molecule has 3 nitrogen and oxygen atoms in total. The quantitative estimate of drug-likeness (QED) is 0.862. The fraction of sp³-hybridized carbons (Fsp3) is 0.400. The van der Waals surface area contributed by atoms with Crippen molar-refractivity contribution in [2.45, 2.75) is 32.7 Å². The van der Waals surface area contributed by atoms with Gasteiger partial charge in [0.2, 0.25) is 5.91 Å². The Kier molecular flexibility index (Phi) is 2.62. The SMILES string of the molecule is Cc1cccc2c(C(C)N3CCCC3=O)c[nH]c12. The maximum absolute atomic E-state index is 11.8. The van der Waals surface area contributed by atoms with Gasteiger partial charge in [-0.1, -0.05) is 18.2 Å². The molecule has 2 aromatic rings. The van der Waals surface area contributed by atoms with Crippen LogP contribution in [0.1, 0.15) is 36.9 Å². The Bertz CT molecular complexity index is 600. The first-order valence-corrected chi connectivity index (χ1v) is 6.54. The molecular weight excluding hydrogens is 224 g/mol. The highest BCUT2D eigenvalue weighted by Gasteiger charge is 2.27. The van der Waals surface area contributed by atoms with Crippen molar-refractivity contribution in [2.24, 2.45) is 0 Å². The summed E-state index contributed by atoms with van der Waals surface area (Å²) in [5, 5.41) is 1.24. The Morgan fingerprint density at radius 3 is 2.94 bits per heavy atom. The van der Waals surface area contributed by atoms with Crippen molar-refractivity contribution in [2.75, 3.05) is 6.54 Å². The number of aromatic nitrogens is 1. The zero-order valence-corrected chi connectivity index (χ0v) is 10.9. The van der Waals surface area contributed by atoms with E-state index in [1.807, 2.05) is 11.1 Å². The van der Waals surface area contributed by atoms with E-state index in [9.17, 15) is 4.79 Å². The highest BCUT2D eigenvalue weighted by molar-refractivity contribution is 5.87. The molecule has 1 aliphatic rings. The van der Waals surface area contributed by atoms with Gasteiger partial charge in [-0.25, -0.2) is 0 Å². The summed E-state index contributed by atoms with van der Waals surface area (Å²) in [7, 11) is 0. The van der Waals surface area contributed by atoms with Crippen molar-refractivity contribution in [3.05, 3.63) is 35.5 Å². The Labute approximate surface area is 107 Å². The third kappa shape index (κ3) is 1.62. The average molecular weight is 242 g/mol. The first-order valence-electron chi connectivity index (χ1n) is 6.54. The number of carbonyl (C=O) groups is 1. The first kappa shape index (κ1) is 11.3. The van der Waals surface area contributed by atoms with Gasteiger partial charge in [0.1, 0.15) is 0 Å². The van der Waals surface area contributed by atoms with Gasteiger partial charge in [-0.05, 0) is 31.4 Å². The molecule has 0 bridgehead atoms. The number of hydrogen-bond donors (Lipinski definition) is 1. The van der Waals surface area contributed by atoms with Crippen LogP contribution >= 0.6 is 0 Å². The van der Waals surface area contributed by atoms with Crippen LogP contribution in [0.3, 0.4) is 0 Å². The van der Waals surface area contributed by atoms with Gasteiger partial charge < -0.3 is 9.88 Å². The standard InChI is InChI=1S/C15H18N2O/c1-10-5-3-6-12-13(9-16-15(10)12)11(2)17-8-4-7-14(17)18/h3,5-6,9,11,16H,4,7-8H2,1-2H3. The summed E-state index contributed by atoms with van der Waals surface area (Å²) in [4.78, 5) is 17.2. The van der Waals surface area contributed by atoms with Crippen molar-refractivity contribution in [1.29, 1.82) is 0 Å². The minimum absolute atomic E-state index is 0.163. The highest BCUT2D eigenvalue weighted by Crippen LogP contribution is 2.31. The van der Waals surface area contributed by atoms with E-state index < -0.39 is 0 Å². The number of aryl methyl sites for hydroxylation is 1. The van der Waals surface area contributed by atoms with Gasteiger partial charge in [-0.2, -0.15) is 0 Å². The molecule has 1 amide bonds. The number of hydrogen-bond acceptors (Lipinski definition) is 1. The summed E-state index contributed by atoms with van der Waals surface area (Å²) in [6.45, 7) is 5.11. The predicted molar refractivity (Wildman–Crippen MR) is 72.4 cm³/mol. The normalized spacial score (nSPS) is 17.7. The molecule has 1 aromatic heterocycles. The Balaban J connectivity index is 2.04. The minimum atomic E-state index is 0.163. The van der Waals surface area contributed by atoms with Crippen LogP contribution in [-0.4, -0.2) is 22.3 Å². The molecule has 1 N–H and O–H groups in total. The minimum Gasteiger partial charge on any atom is -0.361 e. The van der Waals surface area contributed by atoms with Gasteiger partial charge in [-0.3, -0.25) is 4.79 Å². The molecule has 18 heavy (non-hydrogen) atoms. The predicted octanol–water partition coefficient (Wildman–Crippen LogP) is 3.16. The number of H-pyrrole nitrogens is 1. The van der Waals surface area contributed by atoms with Gasteiger partial charge in [0.15, 0.2) is 0 Å². The van der Waals surface area contributed by atoms with Crippen LogP contribution in [0.5, 0.6) is 0 Å². The van der Waals surface area contributed by atoms with E-state index in [1.165, 1.54) is 22.0 Å². The third-order valence-electron chi connectivity index (χ3n) is 3.98. The topological polar surface area (TPSA) is 36.1 Å². The van der Waals surface area contributed by atoms with Crippen molar-refractivity contribution < 1.29 is 4.79 Å². The molecule has 2 heterocycles. The van der Waals surface area contributed by atoms with Crippen LogP contribution in [0, 0.1) is 6.92 Å². The summed E-state index contributed by atoms with van der Waals surface area (Å²) in [6, 6.07) is 6.48. The van der Waals surface area contributed by atoms with Crippen LogP contribution in [0.15, 0.2) is 24.4 Å².